The van der Waals surface area contributed by atoms with E-state index in [1.807, 2.05) is 30.3 Å². The van der Waals surface area contributed by atoms with Gasteiger partial charge in [-0.2, -0.15) is 0 Å². The first-order valence-electron chi connectivity index (χ1n) is 6.65. The van der Waals surface area contributed by atoms with Gasteiger partial charge in [-0.1, -0.05) is 30.3 Å². The number of nitrogens with two attached hydrogens (primary N) is 1. The molecular formula is C15H17NO3S. The van der Waals surface area contributed by atoms with E-state index in [0.717, 1.165) is 10.8 Å². The lowest BCUT2D eigenvalue weighted by atomic mass is 10.1. The first-order valence-corrected chi connectivity index (χ1v) is 8.20. The highest BCUT2D eigenvalue weighted by Gasteiger charge is 2.35. The summed E-state index contributed by atoms with van der Waals surface area (Å²) in [6, 6.07) is 12.5. The maximum Gasteiger partial charge on any atom is 0.185 e. The topological polar surface area (TPSA) is 69.4 Å². The minimum atomic E-state index is -3.45. The average molecular weight is 291 g/mol. The van der Waals surface area contributed by atoms with Crippen molar-refractivity contribution in [2.45, 2.75) is 22.6 Å². The van der Waals surface area contributed by atoms with Gasteiger partial charge in [-0.05, 0) is 29.3 Å². The molecule has 0 bridgehead atoms. The van der Waals surface area contributed by atoms with Gasteiger partial charge in [0.25, 0.3) is 0 Å². The molecule has 0 spiro atoms. The van der Waals surface area contributed by atoms with Gasteiger partial charge >= 0.3 is 0 Å². The molecule has 1 aliphatic rings. The zero-order valence-corrected chi connectivity index (χ0v) is 11.8. The van der Waals surface area contributed by atoms with Crippen LogP contribution in [0.3, 0.4) is 0 Å². The fourth-order valence-electron chi connectivity index (χ4n) is 2.57. The fraction of sp³-hybridized carbons (Fsp3) is 0.333. The van der Waals surface area contributed by atoms with E-state index in [9.17, 15) is 8.42 Å². The quantitative estimate of drug-likeness (QED) is 0.915. The Labute approximate surface area is 118 Å². The summed E-state index contributed by atoms with van der Waals surface area (Å²) in [7, 11) is -3.45. The molecule has 2 aromatic rings. The molecule has 0 saturated carbocycles. The number of hydrogen-bond acceptors (Lipinski definition) is 4. The van der Waals surface area contributed by atoms with Crippen molar-refractivity contribution in [3.05, 3.63) is 42.5 Å². The third kappa shape index (κ3) is 2.32. The van der Waals surface area contributed by atoms with Crippen molar-refractivity contribution in [1.29, 1.82) is 0 Å². The number of hydrogen-bond donors (Lipinski definition) is 1. The van der Waals surface area contributed by atoms with Gasteiger partial charge in [0, 0.05) is 12.6 Å². The molecule has 4 nitrogen and oxygen atoms in total. The number of rotatable bonds is 2. The lowest BCUT2D eigenvalue weighted by Gasteiger charge is -2.28. The van der Waals surface area contributed by atoms with Crippen molar-refractivity contribution in [2.75, 3.05) is 13.2 Å². The molecule has 1 aliphatic heterocycles. The molecule has 106 valence electrons. The third-order valence-corrected chi connectivity index (χ3v) is 6.00. The van der Waals surface area contributed by atoms with Gasteiger partial charge in [0.15, 0.2) is 9.84 Å². The van der Waals surface area contributed by atoms with Gasteiger partial charge in [0.05, 0.1) is 11.5 Å². The molecule has 2 unspecified atom stereocenters. The van der Waals surface area contributed by atoms with Crippen molar-refractivity contribution in [3.8, 4) is 0 Å². The molecule has 1 heterocycles. The van der Waals surface area contributed by atoms with E-state index in [2.05, 4.69) is 0 Å². The van der Waals surface area contributed by atoms with Gasteiger partial charge in [-0.3, -0.25) is 0 Å². The Morgan fingerprint density at radius 3 is 2.60 bits per heavy atom. The van der Waals surface area contributed by atoms with Crippen molar-refractivity contribution < 1.29 is 13.2 Å². The Kier molecular flexibility index (Phi) is 3.50. The monoisotopic (exact) mass is 291 g/mol. The van der Waals surface area contributed by atoms with Crippen molar-refractivity contribution in [3.63, 3.8) is 0 Å². The van der Waals surface area contributed by atoms with E-state index in [4.69, 9.17) is 10.5 Å². The summed E-state index contributed by atoms with van der Waals surface area (Å²) in [4.78, 5) is 0.321. The highest BCUT2D eigenvalue weighted by Crippen LogP contribution is 2.25. The maximum atomic E-state index is 12.7. The van der Waals surface area contributed by atoms with Crippen LogP contribution in [0.4, 0.5) is 0 Å². The Bertz CT molecular complexity index is 727. The first-order chi connectivity index (χ1) is 9.59. The summed E-state index contributed by atoms with van der Waals surface area (Å²) in [6.45, 7) is 0.710. The van der Waals surface area contributed by atoms with E-state index < -0.39 is 15.1 Å². The van der Waals surface area contributed by atoms with Gasteiger partial charge in [-0.25, -0.2) is 8.42 Å². The van der Waals surface area contributed by atoms with Gasteiger partial charge in [0.1, 0.15) is 5.25 Å². The Hall–Kier alpha value is -1.43. The van der Waals surface area contributed by atoms with Crippen LogP contribution in [0.1, 0.15) is 6.42 Å². The van der Waals surface area contributed by atoms with Crippen molar-refractivity contribution in [1.82, 2.24) is 0 Å². The molecule has 2 aromatic carbocycles. The lowest BCUT2D eigenvalue weighted by Crippen LogP contribution is -2.47. The second-order valence-electron chi connectivity index (χ2n) is 5.12. The molecule has 2 N–H and O–H groups in total. The molecule has 0 radical (unpaired) electrons. The van der Waals surface area contributed by atoms with Gasteiger partial charge in [0.2, 0.25) is 0 Å². The van der Waals surface area contributed by atoms with Crippen LogP contribution >= 0.6 is 0 Å². The smallest absolute Gasteiger partial charge is 0.185 e. The fourth-order valence-corrected chi connectivity index (χ4v) is 4.34. The second-order valence-corrected chi connectivity index (χ2v) is 7.29. The minimum absolute atomic E-state index is 0.177. The number of sulfone groups is 1. The Morgan fingerprint density at radius 1 is 1.10 bits per heavy atom. The van der Waals surface area contributed by atoms with Crippen molar-refractivity contribution in [2.24, 2.45) is 5.73 Å². The summed E-state index contributed by atoms with van der Waals surface area (Å²) in [5, 5.41) is 1.28. The highest BCUT2D eigenvalue weighted by molar-refractivity contribution is 7.92. The predicted molar refractivity (Wildman–Crippen MR) is 78.3 cm³/mol. The third-order valence-electron chi connectivity index (χ3n) is 3.80. The van der Waals surface area contributed by atoms with Crippen LogP contribution in [0.25, 0.3) is 10.8 Å². The minimum Gasteiger partial charge on any atom is -0.380 e. The van der Waals surface area contributed by atoms with Gasteiger partial charge < -0.3 is 10.5 Å². The maximum absolute atomic E-state index is 12.7. The van der Waals surface area contributed by atoms with Gasteiger partial charge in [-0.15, -0.1) is 0 Å². The SMILES string of the molecule is NC1CCOCC1S(=O)(=O)c1ccc2ccccc2c1. The molecule has 5 heteroatoms. The largest absolute Gasteiger partial charge is 0.380 e. The second kappa shape index (κ2) is 5.16. The zero-order chi connectivity index (χ0) is 14.2. The summed E-state index contributed by atoms with van der Waals surface area (Å²) in [5.74, 6) is 0. The number of fused-ring (bicyclic) bond motifs is 1. The van der Waals surface area contributed by atoms with E-state index in [1.54, 1.807) is 12.1 Å². The van der Waals surface area contributed by atoms with E-state index in [-0.39, 0.29) is 12.6 Å². The standard InChI is InChI=1S/C15H17NO3S/c16-14-7-8-19-10-15(14)20(17,18)13-6-5-11-3-1-2-4-12(11)9-13/h1-6,9,14-15H,7-8,10,16H2. The molecule has 1 saturated heterocycles. The van der Waals surface area contributed by atoms with E-state index >= 15 is 0 Å². The normalized spacial score (nSPS) is 23.9. The summed E-state index contributed by atoms with van der Waals surface area (Å²) in [6.07, 6.45) is 0.581. The molecule has 2 atom stereocenters. The average Bonchev–Trinajstić information content (AvgIpc) is 2.47. The predicted octanol–water partition coefficient (Wildman–Crippen LogP) is 1.73. The van der Waals surface area contributed by atoms with Crippen LogP contribution in [-0.4, -0.2) is 32.9 Å². The van der Waals surface area contributed by atoms with E-state index in [0.29, 0.717) is 17.9 Å². The summed E-state index contributed by atoms with van der Waals surface area (Å²) < 4.78 is 30.7. The zero-order valence-electron chi connectivity index (χ0n) is 11.0. The summed E-state index contributed by atoms with van der Waals surface area (Å²) in [5.41, 5.74) is 5.96. The number of benzene rings is 2. The van der Waals surface area contributed by atoms with Crippen LogP contribution in [0.2, 0.25) is 0 Å². The molecule has 0 aromatic heterocycles. The molecule has 20 heavy (non-hydrogen) atoms. The molecular weight excluding hydrogens is 274 g/mol. The van der Waals surface area contributed by atoms with E-state index in [1.165, 1.54) is 0 Å². The Balaban J connectivity index is 2.04. The molecule has 0 amide bonds. The van der Waals surface area contributed by atoms with Crippen LogP contribution in [0.15, 0.2) is 47.4 Å². The summed E-state index contributed by atoms with van der Waals surface area (Å²) >= 11 is 0. The first kappa shape index (κ1) is 13.5. The van der Waals surface area contributed by atoms with Crippen molar-refractivity contribution >= 4 is 20.6 Å². The van der Waals surface area contributed by atoms with Crippen LogP contribution < -0.4 is 5.73 Å². The molecule has 3 rings (SSSR count). The molecule has 1 fully saturated rings. The van der Waals surface area contributed by atoms with Crippen LogP contribution in [0, 0.1) is 0 Å². The number of ether oxygens (including phenoxy) is 1. The Morgan fingerprint density at radius 2 is 1.85 bits per heavy atom. The molecule has 0 aliphatic carbocycles. The van der Waals surface area contributed by atoms with Crippen LogP contribution in [-0.2, 0) is 14.6 Å². The van der Waals surface area contributed by atoms with Crippen LogP contribution in [0.5, 0.6) is 0 Å². The highest BCUT2D eigenvalue weighted by atomic mass is 32.2. The lowest BCUT2D eigenvalue weighted by molar-refractivity contribution is 0.0891.